The first kappa shape index (κ1) is 34.0. The SMILES string of the molecule is Cc1ccc(S(=O)(=O)N(CC(=O)N(Cc2ccc(Cl)c(Cl)c2)[C@H](Cc2ccccc2)C(=O)NC(C)C)c2ccccc2F)cc1. The Kier molecular flexibility index (Phi) is 11.3. The molecule has 0 heterocycles. The second-order valence-electron chi connectivity index (χ2n) is 10.9. The molecule has 0 aromatic heterocycles. The summed E-state index contributed by atoms with van der Waals surface area (Å²) in [5.41, 5.74) is 1.88. The number of hydrogen-bond acceptors (Lipinski definition) is 4. The van der Waals surface area contributed by atoms with Crippen LogP contribution in [0.3, 0.4) is 0 Å². The molecule has 0 radical (unpaired) electrons. The molecule has 2 amide bonds. The maximum Gasteiger partial charge on any atom is 0.264 e. The number of rotatable bonds is 12. The third kappa shape index (κ3) is 8.63. The number of aryl methyl sites for hydroxylation is 1. The van der Waals surface area contributed by atoms with E-state index < -0.39 is 40.2 Å². The highest BCUT2D eigenvalue weighted by molar-refractivity contribution is 7.92. The Balaban J connectivity index is 1.83. The molecule has 236 valence electrons. The maximum atomic E-state index is 15.2. The van der Waals surface area contributed by atoms with Crippen LogP contribution >= 0.6 is 23.2 Å². The molecule has 0 aliphatic heterocycles. The first-order chi connectivity index (χ1) is 21.4. The predicted molar refractivity (Wildman–Crippen MR) is 176 cm³/mol. The van der Waals surface area contributed by atoms with Crippen molar-refractivity contribution in [3.63, 3.8) is 0 Å². The van der Waals surface area contributed by atoms with Crippen LogP contribution in [-0.2, 0) is 32.6 Å². The summed E-state index contributed by atoms with van der Waals surface area (Å²) in [6, 6.07) is 24.1. The molecule has 1 N–H and O–H groups in total. The first-order valence-electron chi connectivity index (χ1n) is 14.3. The summed E-state index contributed by atoms with van der Waals surface area (Å²) < 4.78 is 44.0. The molecule has 0 aliphatic carbocycles. The summed E-state index contributed by atoms with van der Waals surface area (Å²) in [6.45, 7) is 4.53. The van der Waals surface area contributed by atoms with Gasteiger partial charge in [0, 0.05) is 19.0 Å². The number of carbonyl (C=O) groups excluding carboxylic acids is 2. The van der Waals surface area contributed by atoms with Crippen LogP contribution in [0.25, 0.3) is 0 Å². The molecule has 11 heteroatoms. The van der Waals surface area contributed by atoms with Crippen molar-refractivity contribution in [2.45, 2.75) is 50.7 Å². The quantitative estimate of drug-likeness (QED) is 0.180. The molecule has 0 aliphatic rings. The van der Waals surface area contributed by atoms with Crippen molar-refractivity contribution >= 4 is 50.7 Å². The predicted octanol–water partition coefficient (Wildman–Crippen LogP) is 6.80. The average molecular weight is 671 g/mol. The number of halogens is 3. The summed E-state index contributed by atoms with van der Waals surface area (Å²) in [4.78, 5) is 29.3. The molecule has 4 aromatic carbocycles. The minimum Gasteiger partial charge on any atom is -0.352 e. The number of para-hydroxylation sites is 1. The number of benzene rings is 4. The van der Waals surface area contributed by atoms with Crippen molar-refractivity contribution in [3.05, 3.63) is 130 Å². The Morgan fingerprint density at radius 2 is 1.49 bits per heavy atom. The number of nitrogens with zero attached hydrogens (tertiary/aromatic N) is 2. The molecule has 45 heavy (non-hydrogen) atoms. The molecule has 0 spiro atoms. The Morgan fingerprint density at radius 3 is 2.11 bits per heavy atom. The summed E-state index contributed by atoms with van der Waals surface area (Å²) in [5, 5.41) is 3.45. The van der Waals surface area contributed by atoms with E-state index in [9.17, 15) is 18.0 Å². The number of sulfonamides is 1. The van der Waals surface area contributed by atoms with Gasteiger partial charge in [0.25, 0.3) is 10.0 Å². The van der Waals surface area contributed by atoms with Gasteiger partial charge in [-0.1, -0.05) is 89.4 Å². The lowest BCUT2D eigenvalue weighted by Gasteiger charge is -2.34. The van der Waals surface area contributed by atoms with Crippen molar-refractivity contribution < 1.29 is 22.4 Å². The van der Waals surface area contributed by atoms with E-state index in [1.165, 1.54) is 35.2 Å². The first-order valence-corrected chi connectivity index (χ1v) is 16.5. The minimum atomic E-state index is -4.42. The summed E-state index contributed by atoms with van der Waals surface area (Å²) in [6.07, 6.45) is 0.136. The Morgan fingerprint density at radius 1 is 0.844 bits per heavy atom. The van der Waals surface area contributed by atoms with E-state index in [1.54, 1.807) is 44.2 Å². The zero-order valence-electron chi connectivity index (χ0n) is 25.1. The fourth-order valence-electron chi connectivity index (χ4n) is 4.77. The van der Waals surface area contributed by atoms with E-state index in [-0.39, 0.29) is 34.6 Å². The lowest BCUT2D eigenvalue weighted by Crippen LogP contribution is -2.54. The largest absolute Gasteiger partial charge is 0.352 e. The number of nitrogens with one attached hydrogen (secondary N) is 1. The molecule has 4 aromatic rings. The van der Waals surface area contributed by atoms with Crippen LogP contribution in [0.4, 0.5) is 10.1 Å². The topological polar surface area (TPSA) is 86.8 Å². The van der Waals surface area contributed by atoms with E-state index in [1.807, 2.05) is 37.3 Å². The number of hydrogen-bond donors (Lipinski definition) is 1. The number of anilines is 1. The highest BCUT2D eigenvalue weighted by Crippen LogP contribution is 2.28. The molecular weight excluding hydrogens is 636 g/mol. The third-order valence-corrected chi connectivity index (χ3v) is 9.56. The van der Waals surface area contributed by atoms with Gasteiger partial charge < -0.3 is 10.2 Å². The van der Waals surface area contributed by atoms with Gasteiger partial charge in [0.1, 0.15) is 18.4 Å². The monoisotopic (exact) mass is 669 g/mol. The molecule has 0 bridgehead atoms. The molecule has 0 fully saturated rings. The maximum absolute atomic E-state index is 15.2. The molecule has 0 unspecified atom stereocenters. The van der Waals surface area contributed by atoms with E-state index in [0.29, 0.717) is 10.6 Å². The van der Waals surface area contributed by atoms with Gasteiger partial charge in [-0.15, -0.1) is 0 Å². The second kappa shape index (κ2) is 14.9. The van der Waals surface area contributed by atoms with E-state index in [2.05, 4.69) is 5.32 Å². The van der Waals surface area contributed by atoms with Crippen LogP contribution in [0.1, 0.15) is 30.5 Å². The van der Waals surface area contributed by atoms with Crippen molar-refractivity contribution in [1.82, 2.24) is 10.2 Å². The van der Waals surface area contributed by atoms with Crippen LogP contribution in [0.5, 0.6) is 0 Å². The second-order valence-corrected chi connectivity index (χ2v) is 13.6. The highest BCUT2D eigenvalue weighted by atomic mass is 35.5. The van der Waals surface area contributed by atoms with Crippen molar-refractivity contribution in [1.29, 1.82) is 0 Å². The van der Waals surface area contributed by atoms with Gasteiger partial charge in [-0.3, -0.25) is 13.9 Å². The van der Waals surface area contributed by atoms with E-state index in [0.717, 1.165) is 21.5 Å². The smallest absolute Gasteiger partial charge is 0.264 e. The Hall–Kier alpha value is -3.92. The molecule has 7 nitrogen and oxygen atoms in total. The van der Waals surface area contributed by atoms with Crippen LogP contribution < -0.4 is 9.62 Å². The minimum absolute atomic E-state index is 0.103. The van der Waals surface area contributed by atoms with Gasteiger partial charge in [0.2, 0.25) is 11.8 Å². The van der Waals surface area contributed by atoms with Gasteiger partial charge >= 0.3 is 0 Å². The summed E-state index contributed by atoms with van der Waals surface area (Å²) >= 11 is 12.4. The third-order valence-electron chi connectivity index (χ3n) is 7.05. The van der Waals surface area contributed by atoms with Gasteiger partial charge in [0.15, 0.2) is 0 Å². The highest BCUT2D eigenvalue weighted by Gasteiger charge is 2.35. The molecule has 1 atom stereocenters. The summed E-state index contributed by atoms with van der Waals surface area (Å²) in [7, 11) is -4.42. The van der Waals surface area contributed by atoms with E-state index >= 15 is 4.39 Å². The van der Waals surface area contributed by atoms with Gasteiger partial charge in [-0.05, 0) is 68.3 Å². The Bertz CT molecular complexity index is 1750. The van der Waals surface area contributed by atoms with Gasteiger partial charge in [-0.2, -0.15) is 0 Å². The van der Waals surface area contributed by atoms with Crippen LogP contribution in [-0.4, -0.2) is 43.8 Å². The zero-order valence-corrected chi connectivity index (χ0v) is 27.4. The van der Waals surface area contributed by atoms with Crippen LogP contribution in [0, 0.1) is 12.7 Å². The fourth-order valence-corrected chi connectivity index (χ4v) is 6.52. The lowest BCUT2D eigenvalue weighted by atomic mass is 10.0. The van der Waals surface area contributed by atoms with Crippen molar-refractivity contribution in [2.24, 2.45) is 0 Å². The average Bonchev–Trinajstić information content (AvgIpc) is 3.00. The Labute approximate surface area is 273 Å². The summed E-state index contributed by atoms with van der Waals surface area (Å²) in [5.74, 6) is -1.98. The van der Waals surface area contributed by atoms with Crippen molar-refractivity contribution in [2.75, 3.05) is 10.8 Å². The van der Waals surface area contributed by atoms with Gasteiger partial charge in [0.05, 0.1) is 20.6 Å². The number of amides is 2. The molecular formula is C34H34Cl2FN3O4S. The standard InChI is InChI=1S/C34H34Cl2FN3O4S/c1-23(2)38-34(42)32(20-25-9-5-4-6-10-25)39(21-26-15-18-28(35)29(36)19-26)33(41)22-40(31-12-8-7-11-30(31)37)45(43,44)27-16-13-24(3)14-17-27/h4-19,23,32H,20-22H2,1-3H3,(H,38,42)/t32-/m1/s1. The van der Waals surface area contributed by atoms with E-state index in [4.69, 9.17) is 23.2 Å². The fraction of sp³-hybridized carbons (Fsp3) is 0.235. The molecule has 0 saturated carbocycles. The lowest BCUT2D eigenvalue weighted by molar-refractivity contribution is -0.140. The van der Waals surface area contributed by atoms with Crippen molar-refractivity contribution in [3.8, 4) is 0 Å². The molecule has 0 saturated heterocycles. The van der Waals surface area contributed by atoms with Crippen LogP contribution in [0.2, 0.25) is 10.0 Å². The zero-order chi connectivity index (χ0) is 32.7. The molecule has 4 rings (SSSR count). The normalized spacial score (nSPS) is 12.1. The van der Waals surface area contributed by atoms with Crippen LogP contribution in [0.15, 0.2) is 102 Å². The van der Waals surface area contributed by atoms with Gasteiger partial charge in [-0.25, -0.2) is 12.8 Å². The number of carbonyl (C=O) groups is 2.